The van der Waals surface area contributed by atoms with E-state index in [1.54, 1.807) is 0 Å². The number of nitrogens with one attached hydrogen (secondary N) is 1. The van der Waals surface area contributed by atoms with Crippen molar-refractivity contribution in [2.75, 3.05) is 12.3 Å². The Balaban J connectivity index is 2.37. The standard InChI is InChI=1S/C14H21F2NOS/c1-3-8-17-11(2)5-4-9-19(18)12-6-7-13(15)14(16)10-12/h6-7,10-11,17H,3-5,8-9H2,1-2H3. The molecule has 0 heterocycles. The lowest BCUT2D eigenvalue weighted by Crippen LogP contribution is -2.26. The minimum absolute atomic E-state index is 0.355. The summed E-state index contributed by atoms with van der Waals surface area (Å²) in [5.74, 6) is -1.37. The van der Waals surface area contributed by atoms with Gasteiger partial charge in [0.05, 0.1) is 10.8 Å². The average molecular weight is 289 g/mol. The molecule has 0 spiro atoms. The number of hydrogen-bond acceptors (Lipinski definition) is 2. The first-order valence-corrected chi connectivity index (χ1v) is 7.93. The molecule has 1 aromatic rings. The zero-order chi connectivity index (χ0) is 14.3. The summed E-state index contributed by atoms with van der Waals surface area (Å²) in [5, 5.41) is 3.35. The Labute approximate surface area is 116 Å². The molecule has 0 saturated carbocycles. The molecule has 0 amide bonds. The van der Waals surface area contributed by atoms with E-state index in [0.717, 1.165) is 37.9 Å². The summed E-state index contributed by atoms with van der Waals surface area (Å²) < 4.78 is 37.7. The fourth-order valence-corrected chi connectivity index (χ4v) is 2.87. The summed E-state index contributed by atoms with van der Waals surface area (Å²) in [7, 11) is -1.26. The number of benzene rings is 1. The smallest absolute Gasteiger partial charge is 0.160 e. The SMILES string of the molecule is CCCNC(C)CCCS(=O)c1ccc(F)c(F)c1. The van der Waals surface area contributed by atoms with Crippen LogP contribution in [0.2, 0.25) is 0 Å². The van der Waals surface area contributed by atoms with Crippen LogP contribution in [0.25, 0.3) is 0 Å². The molecule has 1 N–H and O–H groups in total. The lowest BCUT2D eigenvalue weighted by molar-refractivity contribution is 0.504. The molecule has 0 aliphatic heterocycles. The van der Waals surface area contributed by atoms with Gasteiger partial charge in [-0.25, -0.2) is 8.78 Å². The van der Waals surface area contributed by atoms with Crippen LogP contribution in [0.1, 0.15) is 33.1 Å². The zero-order valence-corrected chi connectivity index (χ0v) is 12.2. The molecule has 2 atom stereocenters. The third-order valence-electron chi connectivity index (χ3n) is 2.86. The monoisotopic (exact) mass is 289 g/mol. The van der Waals surface area contributed by atoms with Crippen LogP contribution in [0.3, 0.4) is 0 Å². The summed E-state index contributed by atoms with van der Waals surface area (Å²) in [6.07, 6.45) is 2.81. The highest BCUT2D eigenvalue weighted by Crippen LogP contribution is 2.13. The zero-order valence-electron chi connectivity index (χ0n) is 11.4. The third kappa shape index (κ3) is 5.78. The Morgan fingerprint density at radius 3 is 2.68 bits per heavy atom. The van der Waals surface area contributed by atoms with Gasteiger partial charge in [0, 0.05) is 16.7 Å². The molecule has 1 aromatic carbocycles. The summed E-state index contributed by atoms with van der Waals surface area (Å²) in [5.41, 5.74) is 0. The summed E-state index contributed by atoms with van der Waals surface area (Å²) in [6, 6.07) is 3.81. The molecule has 1 rings (SSSR count). The van der Waals surface area contributed by atoms with Gasteiger partial charge in [0.1, 0.15) is 0 Å². The summed E-state index contributed by atoms with van der Waals surface area (Å²) in [6.45, 7) is 5.18. The van der Waals surface area contributed by atoms with Gasteiger partial charge in [0.2, 0.25) is 0 Å². The topological polar surface area (TPSA) is 29.1 Å². The predicted octanol–water partition coefficient (Wildman–Crippen LogP) is 3.24. The normalized spacial score (nSPS) is 14.3. The number of halogens is 2. The van der Waals surface area contributed by atoms with Crippen LogP contribution in [0.4, 0.5) is 8.78 Å². The quantitative estimate of drug-likeness (QED) is 0.796. The average Bonchev–Trinajstić information content (AvgIpc) is 2.39. The molecule has 2 unspecified atom stereocenters. The lowest BCUT2D eigenvalue weighted by atomic mass is 10.2. The van der Waals surface area contributed by atoms with Crippen molar-refractivity contribution >= 4 is 10.8 Å². The molecule has 0 aliphatic carbocycles. The van der Waals surface area contributed by atoms with Crippen molar-refractivity contribution in [3.8, 4) is 0 Å². The van der Waals surface area contributed by atoms with Gasteiger partial charge in [-0.05, 0) is 50.9 Å². The van der Waals surface area contributed by atoms with Gasteiger partial charge >= 0.3 is 0 Å². The van der Waals surface area contributed by atoms with Crippen molar-refractivity contribution in [3.63, 3.8) is 0 Å². The second-order valence-electron chi connectivity index (χ2n) is 4.62. The Hall–Kier alpha value is -0.810. The first kappa shape index (κ1) is 16.2. The molecule has 0 fully saturated rings. The molecule has 19 heavy (non-hydrogen) atoms. The van der Waals surface area contributed by atoms with E-state index >= 15 is 0 Å². The second-order valence-corrected chi connectivity index (χ2v) is 6.19. The van der Waals surface area contributed by atoms with Crippen LogP contribution < -0.4 is 5.32 Å². The number of hydrogen-bond donors (Lipinski definition) is 1. The predicted molar refractivity (Wildman–Crippen MR) is 74.6 cm³/mol. The maximum atomic E-state index is 13.0. The van der Waals surface area contributed by atoms with Gasteiger partial charge in [-0.1, -0.05) is 6.92 Å². The molecule has 0 aromatic heterocycles. The van der Waals surface area contributed by atoms with E-state index in [2.05, 4.69) is 19.2 Å². The van der Waals surface area contributed by atoms with Crippen molar-refractivity contribution in [1.82, 2.24) is 5.32 Å². The lowest BCUT2D eigenvalue weighted by Gasteiger charge is -2.12. The Morgan fingerprint density at radius 2 is 2.05 bits per heavy atom. The van der Waals surface area contributed by atoms with Crippen LogP contribution in [-0.2, 0) is 10.8 Å². The van der Waals surface area contributed by atoms with Gasteiger partial charge < -0.3 is 5.32 Å². The van der Waals surface area contributed by atoms with E-state index in [-0.39, 0.29) is 0 Å². The van der Waals surface area contributed by atoms with E-state index < -0.39 is 22.4 Å². The highest BCUT2D eigenvalue weighted by atomic mass is 32.2. The number of rotatable bonds is 8. The molecule has 108 valence electrons. The van der Waals surface area contributed by atoms with Crippen molar-refractivity contribution < 1.29 is 13.0 Å². The molecule has 2 nitrogen and oxygen atoms in total. The minimum Gasteiger partial charge on any atom is -0.314 e. The van der Waals surface area contributed by atoms with Crippen molar-refractivity contribution in [3.05, 3.63) is 29.8 Å². The van der Waals surface area contributed by atoms with E-state index in [9.17, 15) is 13.0 Å². The van der Waals surface area contributed by atoms with Gasteiger partial charge in [-0.3, -0.25) is 4.21 Å². The Kier molecular flexibility index (Phi) is 7.16. The van der Waals surface area contributed by atoms with Crippen LogP contribution >= 0.6 is 0 Å². The van der Waals surface area contributed by atoms with Crippen molar-refractivity contribution in [2.24, 2.45) is 0 Å². The van der Waals surface area contributed by atoms with Gasteiger partial charge in [0.25, 0.3) is 0 Å². The Bertz CT molecular complexity index is 426. The molecular weight excluding hydrogens is 268 g/mol. The third-order valence-corrected chi connectivity index (χ3v) is 4.30. The first-order chi connectivity index (χ1) is 9.04. The summed E-state index contributed by atoms with van der Waals surface area (Å²) in [4.78, 5) is 0.355. The first-order valence-electron chi connectivity index (χ1n) is 6.61. The summed E-state index contributed by atoms with van der Waals surface area (Å²) >= 11 is 0. The van der Waals surface area contributed by atoms with Crippen LogP contribution in [0.15, 0.2) is 23.1 Å². The highest BCUT2D eigenvalue weighted by molar-refractivity contribution is 7.85. The van der Waals surface area contributed by atoms with Crippen molar-refractivity contribution in [2.45, 2.75) is 44.0 Å². The largest absolute Gasteiger partial charge is 0.314 e. The maximum Gasteiger partial charge on any atom is 0.160 e. The van der Waals surface area contributed by atoms with Crippen LogP contribution in [0, 0.1) is 11.6 Å². The second kappa shape index (κ2) is 8.38. The van der Waals surface area contributed by atoms with Gasteiger partial charge in [0.15, 0.2) is 11.6 Å². The van der Waals surface area contributed by atoms with E-state index in [0.29, 0.717) is 16.7 Å². The van der Waals surface area contributed by atoms with Crippen LogP contribution in [-0.4, -0.2) is 22.5 Å². The van der Waals surface area contributed by atoms with Crippen LogP contribution in [0.5, 0.6) is 0 Å². The van der Waals surface area contributed by atoms with Crippen molar-refractivity contribution in [1.29, 1.82) is 0 Å². The van der Waals surface area contributed by atoms with Gasteiger partial charge in [-0.2, -0.15) is 0 Å². The van der Waals surface area contributed by atoms with Gasteiger partial charge in [-0.15, -0.1) is 0 Å². The highest BCUT2D eigenvalue weighted by Gasteiger charge is 2.09. The molecule has 5 heteroatoms. The van der Waals surface area contributed by atoms with E-state index in [1.165, 1.54) is 6.07 Å². The molecule has 0 aliphatic rings. The molecule has 0 saturated heterocycles. The van der Waals surface area contributed by atoms with E-state index in [1.807, 2.05) is 0 Å². The maximum absolute atomic E-state index is 13.0. The molecular formula is C14H21F2NOS. The minimum atomic E-state index is -1.26. The fourth-order valence-electron chi connectivity index (χ4n) is 1.75. The molecule has 0 radical (unpaired) electrons. The fraction of sp³-hybridized carbons (Fsp3) is 0.571. The molecule has 0 bridgehead atoms. The Morgan fingerprint density at radius 1 is 1.32 bits per heavy atom. The van der Waals surface area contributed by atoms with E-state index in [4.69, 9.17) is 0 Å².